The molecule has 0 rings (SSSR count). The average Bonchev–Trinajstić information content (AvgIpc) is 1.41. The fourth-order valence-electron chi connectivity index (χ4n) is 0.354. The summed E-state index contributed by atoms with van der Waals surface area (Å²) >= 11 is 2.21. The normalized spacial score (nSPS) is 6.14. The van der Waals surface area contributed by atoms with Crippen molar-refractivity contribution >= 4 is 76.8 Å². The number of hydrogen-bond acceptors (Lipinski definition) is 0. The van der Waals surface area contributed by atoms with Crippen molar-refractivity contribution in [2.75, 3.05) is 0 Å². The van der Waals surface area contributed by atoms with Crippen LogP contribution in [-0.2, 0) is 0 Å². The summed E-state index contributed by atoms with van der Waals surface area (Å²) in [4.78, 5) is 0. The zero-order valence-electron chi connectivity index (χ0n) is 6.12. The second-order valence-corrected chi connectivity index (χ2v) is 1.35. The molecule has 0 bridgehead atoms. The largest absolute Gasteiger partial charge is 0 e. The van der Waals surface area contributed by atoms with Crippen molar-refractivity contribution in [2.24, 2.45) is 0 Å². The molecular formula is C4H9LiNa2. The van der Waals surface area contributed by atoms with Gasteiger partial charge in [0.25, 0.3) is 0 Å². The van der Waals surface area contributed by atoms with Gasteiger partial charge in [0.1, 0.15) is 0 Å². The smallest absolute Gasteiger partial charge is 0 e. The van der Waals surface area contributed by atoms with Crippen molar-refractivity contribution < 1.29 is 0 Å². The molecule has 0 aromatic carbocycles. The van der Waals surface area contributed by atoms with Crippen molar-refractivity contribution in [1.82, 2.24) is 0 Å². The molecule has 7 heavy (non-hydrogen) atoms. The third-order valence-electron chi connectivity index (χ3n) is 0.707. The van der Waals surface area contributed by atoms with E-state index in [1.165, 1.54) is 17.9 Å². The predicted molar refractivity (Wildman–Crippen MR) is 37.0 cm³/mol. The molecule has 0 aromatic rings. The molecule has 0 aliphatic heterocycles. The summed E-state index contributed by atoms with van der Waals surface area (Å²) in [7, 11) is 0. The minimum Gasteiger partial charge on any atom is 0 e. The van der Waals surface area contributed by atoms with Gasteiger partial charge in [-0.25, -0.2) is 0 Å². The van der Waals surface area contributed by atoms with Crippen molar-refractivity contribution in [2.45, 2.75) is 24.9 Å². The first-order valence-corrected chi connectivity index (χ1v) is 2.41. The van der Waals surface area contributed by atoms with Gasteiger partial charge in [-0.15, -0.1) is 0 Å². The Morgan fingerprint density at radius 2 is 1.71 bits per heavy atom. The van der Waals surface area contributed by atoms with E-state index in [2.05, 4.69) is 24.6 Å². The van der Waals surface area contributed by atoms with E-state index in [1.54, 1.807) is 0 Å². The van der Waals surface area contributed by atoms with Crippen molar-refractivity contribution in [1.29, 1.82) is 0 Å². The van der Waals surface area contributed by atoms with E-state index in [4.69, 9.17) is 0 Å². The summed E-state index contributed by atoms with van der Waals surface area (Å²) in [5.74, 6) is 0. The van der Waals surface area contributed by atoms with Crippen LogP contribution < -0.4 is 0 Å². The Labute approximate surface area is 100.0 Å². The van der Waals surface area contributed by atoms with Gasteiger partial charge in [0.2, 0.25) is 0 Å². The molecule has 0 saturated carbocycles. The fourth-order valence-corrected chi connectivity index (χ4v) is 0.354. The first-order valence-electron chi connectivity index (χ1n) is 2.41. The Kier molecular flexibility index (Phi) is 36.9. The molecule has 0 aliphatic rings. The Morgan fingerprint density at radius 1 is 1.29 bits per heavy atom. The van der Waals surface area contributed by atoms with Crippen molar-refractivity contribution in [3.05, 3.63) is 0 Å². The van der Waals surface area contributed by atoms with E-state index in [1.807, 2.05) is 0 Å². The van der Waals surface area contributed by atoms with Crippen LogP contribution in [0.5, 0.6) is 0 Å². The van der Waals surface area contributed by atoms with Crippen LogP contribution in [0.2, 0.25) is 5.09 Å². The Hall–Kier alpha value is 2.60. The predicted octanol–water partition coefficient (Wildman–Crippen LogP) is 0.612. The van der Waals surface area contributed by atoms with Gasteiger partial charge in [0, 0.05) is 59.1 Å². The summed E-state index contributed by atoms with van der Waals surface area (Å²) < 4.78 is 0. The molecule has 0 aromatic heterocycles. The molecular weight excluding hydrogens is 101 g/mol. The van der Waals surface area contributed by atoms with Crippen LogP contribution in [0.25, 0.3) is 0 Å². The van der Waals surface area contributed by atoms with Crippen molar-refractivity contribution in [3.8, 4) is 0 Å². The standard InChI is InChI=1S/C4H9.Li.2Na/c1-3-4-2;;;/h1,3-4H2,2H3;;;. The molecule has 0 aliphatic carbocycles. The van der Waals surface area contributed by atoms with Crippen molar-refractivity contribution in [3.63, 3.8) is 0 Å². The average molecular weight is 110 g/mol. The second kappa shape index (κ2) is 15.8. The van der Waals surface area contributed by atoms with E-state index in [9.17, 15) is 0 Å². The molecule has 0 saturated heterocycles. The molecule has 0 amide bonds. The summed E-state index contributed by atoms with van der Waals surface area (Å²) in [6.07, 6.45) is 2.73. The van der Waals surface area contributed by atoms with E-state index < -0.39 is 0 Å². The van der Waals surface area contributed by atoms with E-state index in [0.717, 1.165) is 0 Å². The Balaban J connectivity index is -0.0000000800. The van der Waals surface area contributed by atoms with Crippen LogP contribution in [0.4, 0.5) is 0 Å². The summed E-state index contributed by atoms with van der Waals surface area (Å²) in [5.41, 5.74) is 0. The molecule has 0 heterocycles. The molecule has 0 atom stereocenters. The van der Waals surface area contributed by atoms with Gasteiger partial charge in [-0.3, -0.25) is 0 Å². The van der Waals surface area contributed by atoms with Gasteiger partial charge in [-0.05, 0) is 0 Å². The molecule has 0 spiro atoms. The third-order valence-corrected chi connectivity index (χ3v) is 0.707. The maximum absolute atomic E-state index is 2.21. The molecule has 0 fully saturated rings. The summed E-state index contributed by atoms with van der Waals surface area (Å²) in [6, 6.07) is 0. The van der Waals surface area contributed by atoms with Crippen LogP contribution >= 0.6 is 0 Å². The van der Waals surface area contributed by atoms with Gasteiger partial charge in [-0.1, -0.05) is 0 Å². The quantitative estimate of drug-likeness (QED) is 0.457. The topological polar surface area (TPSA) is 0 Å². The van der Waals surface area contributed by atoms with Gasteiger partial charge in [0.05, 0.1) is 0 Å². The zero-order valence-corrected chi connectivity index (χ0v) is 10.1. The number of rotatable bonds is 2. The van der Waals surface area contributed by atoms with Gasteiger partial charge in [-0.2, -0.15) is 0 Å². The van der Waals surface area contributed by atoms with E-state index in [0.29, 0.717) is 0 Å². The molecule has 0 unspecified atom stereocenters. The van der Waals surface area contributed by atoms with Crippen LogP contribution in [0, 0.1) is 0 Å². The Bertz CT molecular complexity index is 17.2. The first kappa shape index (κ1) is 16.3. The SMILES string of the molecule is [Li][CH2]CCC.[Na].[Na]. The Morgan fingerprint density at radius 3 is 1.71 bits per heavy atom. The molecule has 0 nitrogen and oxygen atoms in total. The van der Waals surface area contributed by atoms with Crippen LogP contribution in [-0.4, -0.2) is 76.8 Å². The van der Waals surface area contributed by atoms with E-state index in [-0.39, 0.29) is 59.1 Å². The summed E-state index contributed by atoms with van der Waals surface area (Å²) in [5, 5.41) is 1.34. The minimum absolute atomic E-state index is 0. The molecule has 0 N–H and O–H groups in total. The maximum Gasteiger partial charge on any atom is 0 e. The molecule has 3 heteroatoms. The van der Waals surface area contributed by atoms with Crippen LogP contribution in [0.15, 0.2) is 0 Å². The van der Waals surface area contributed by atoms with Gasteiger partial charge < -0.3 is 0 Å². The number of hydrogen-bond donors (Lipinski definition) is 0. The summed E-state index contributed by atoms with van der Waals surface area (Å²) in [6.45, 7) is 2.21. The van der Waals surface area contributed by atoms with Crippen LogP contribution in [0.3, 0.4) is 0 Å². The van der Waals surface area contributed by atoms with E-state index >= 15 is 0 Å². The van der Waals surface area contributed by atoms with Gasteiger partial charge >= 0.3 is 42.6 Å². The monoisotopic (exact) mass is 110 g/mol. The van der Waals surface area contributed by atoms with Gasteiger partial charge in [0.15, 0.2) is 0 Å². The molecule has 2 radical (unpaired) electrons. The third kappa shape index (κ3) is 17.7. The first-order chi connectivity index (χ1) is 2.41. The second-order valence-electron chi connectivity index (χ2n) is 1.35. The fraction of sp³-hybridized carbons (Fsp3) is 1.00. The molecule has 28 valence electrons. The minimum atomic E-state index is 0. The maximum atomic E-state index is 2.21. The zero-order chi connectivity index (χ0) is 4.12. The number of unbranched alkanes of at least 4 members (excludes halogenated alkanes) is 1. The van der Waals surface area contributed by atoms with Crippen LogP contribution in [0.1, 0.15) is 19.8 Å².